The van der Waals surface area contributed by atoms with Crippen LogP contribution in [0.1, 0.15) is 16.0 Å². The quantitative estimate of drug-likeness (QED) is 0.707. The molecule has 29 heavy (non-hydrogen) atoms. The van der Waals surface area contributed by atoms with Gasteiger partial charge < -0.3 is 10.2 Å². The molecule has 9 heteroatoms. The van der Waals surface area contributed by atoms with Gasteiger partial charge in [0, 0.05) is 17.1 Å². The molecule has 4 rings (SSSR count). The lowest BCUT2D eigenvalue weighted by Gasteiger charge is -2.19. The normalized spacial score (nSPS) is 17.1. The zero-order valence-electron chi connectivity index (χ0n) is 15.8. The number of sulfonamides is 1. The Morgan fingerprint density at radius 3 is 2.69 bits per heavy atom. The number of rotatable bonds is 6. The summed E-state index contributed by atoms with van der Waals surface area (Å²) in [4.78, 5) is 15.3. The number of nitrogens with one attached hydrogen (secondary N) is 2. The fourth-order valence-corrected chi connectivity index (χ4v) is 5.89. The first-order valence-corrected chi connectivity index (χ1v) is 12.4. The summed E-state index contributed by atoms with van der Waals surface area (Å²) in [7, 11) is -3.62. The van der Waals surface area contributed by atoms with Crippen LogP contribution in [0.15, 0.2) is 42.1 Å². The average Bonchev–Trinajstić information content (AvgIpc) is 3.17. The number of thiophene rings is 1. The maximum absolute atomic E-state index is 12.8. The highest BCUT2D eigenvalue weighted by atomic mass is 35.5. The Hall–Kier alpha value is -1.87. The van der Waals surface area contributed by atoms with E-state index in [9.17, 15) is 13.2 Å². The van der Waals surface area contributed by atoms with Gasteiger partial charge in [0.1, 0.15) is 5.70 Å². The van der Waals surface area contributed by atoms with Gasteiger partial charge in [-0.1, -0.05) is 17.7 Å². The Morgan fingerprint density at radius 2 is 1.93 bits per heavy atom. The molecule has 2 aliphatic rings. The highest BCUT2D eigenvalue weighted by Gasteiger charge is 2.28. The molecule has 0 spiro atoms. The molecule has 0 radical (unpaired) electrons. The summed E-state index contributed by atoms with van der Waals surface area (Å²) in [6, 6.07) is 9.62. The Bertz CT molecular complexity index is 1060. The first-order valence-electron chi connectivity index (χ1n) is 9.50. The lowest BCUT2D eigenvalue weighted by Crippen LogP contribution is -2.34. The van der Waals surface area contributed by atoms with E-state index in [1.54, 1.807) is 17.0 Å². The minimum atomic E-state index is -3.62. The number of anilines is 1. The molecule has 1 aromatic carbocycles. The van der Waals surface area contributed by atoms with Crippen LogP contribution in [0.4, 0.5) is 5.69 Å². The second kappa shape index (κ2) is 8.47. The van der Waals surface area contributed by atoms with E-state index in [2.05, 4.69) is 16.1 Å². The standard InChI is InChI=1S/C20H22ClN3O3S2/c21-19-4-3-17(28-19)8-12-29(26,27)23-18-7-11-24(20(18)25)16-2-1-14-5-9-22-10-6-15(14)13-16/h1-4,7,13,22-23H,5-6,8-12H2. The molecule has 0 unspecified atom stereocenters. The van der Waals surface area contributed by atoms with Crippen LogP contribution in [0.3, 0.4) is 0 Å². The number of benzene rings is 1. The molecule has 0 atom stereocenters. The van der Waals surface area contributed by atoms with Crippen molar-refractivity contribution in [1.29, 1.82) is 0 Å². The summed E-state index contributed by atoms with van der Waals surface area (Å²) in [6.07, 6.45) is 3.89. The number of carbonyl (C=O) groups is 1. The van der Waals surface area contributed by atoms with Crippen molar-refractivity contribution in [2.75, 3.05) is 30.3 Å². The number of nitrogens with zero attached hydrogens (tertiary/aromatic N) is 1. The van der Waals surface area contributed by atoms with Crippen molar-refractivity contribution in [3.8, 4) is 0 Å². The van der Waals surface area contributed by atoms with E-state index in [4.69, 9.17) is 11.6 Å². The van der Waals surface area contributed by atoms with Crippen LogP contribution in [-0.4, -0.2) is 39.7 Å². The van der Waals surface area contributed by atoms with Crippen molar-refractivity contribution < 1.29 is 13.2 Å². The van der Waals surface area contributed by atoms with Gasteiger partial charge in [0.2, 0.25) is 10.0 Å². The van der Waals surface area contributed by atoms with Gasteiger partial charge in [0.05, 0.1) is 10.1 Å². The Balaban J connectivity index is 1.41. The van der Waals surface area contributed by atoms with Gasteiger partial charge in [-0.15, -0.1) is 11.3 Å². The second-order valence-electron chi connectivity index (χ2n) is 7.11. The molecule has 1 amide bonds. The van der Waals surface area contributed by atoms with Crippen molar-refractivity contribution in [2.24, 2.45) is 0 Å². The molecule has 3 heterocycles. The van der Waals surface area contributed by atoms with E-state index in [0.29, 0.717) is 17.3 Å². The molecule has 2 aliphatic heterocycles. The minimum Gasteiger partial charge on any atom is -0.316 e. The molecular formula is C20H22ClN3O3S2. The van der Waals surface area contributed by atoms with Crippen molar-refractivity contribution >= 4 is 44.6 Å². The summed E-state index contributed by atoms with van der Waals surface area (Å²) >= 11 is 7.25. The van der Waals surface area contributed by atoms with Crippen molar-refractivity contribution in [3.63, 3.8) is 0 Å². The van der Waals surface area contributed by atoms with Gasteiger partial charge in [-0.25, -0.2) is 8.42 Å². The van der Waals surface area contributed by atoms with E-state index < -0.39 is 10.0 Å². The van der Waals surface area contributed by atoms with Gasteiger partial charge in [-0.3, -0.25) is 9.52 Å². The minimum absolute atomic E-state index is 0.0969. The monoisotopic (exact) mass is 451 g/mol. The third kappa shape index (κ3) is 4.83. The predicted octanol–water partition coefficient (Wildman–Crippen LogP) is 2.48. The lowest BCUT2D eigenvalue weighted by molar-refractivity contribution is -0.114. The third-order valence-electron chi connectivity index (χ3n) is 5.11. The van der Waals surface area contributed by atoms with E-state index in [0.717, 1.165) is 36.5 Å². The SMILES string of the molecule is O=C1C(NS(=O)(=O)CCc2ccc(Cl)s2)=CCN1c1ccc2c(c1)CCNCC2. The summed E-state index contributed by atoms with van der Waals surface area (Å²) in [5.74, 6) is -0.417. The molecule has 0 fully saturated rings. The molecular weight excluding hydrogens is 430 g/mol. The maximum atomic E-state index is 12.8. The van der Waals surface area contributed by atoms with Crippen LogP contribution in [-0.2, 0) is 34.1 Å². The van der Waals surface area contributed by atoms with E-state index in [1.807, 2.05) is 18.2 Å². The molecule has 2 N–H and O–H groups in total. The third-order valence-corrected chi connectivity index (χ3v) is 7.67. The average molecular weight is 452 g/mol. The molecule has 1 aromatic heterocycles. The zero-order chi connectivity index (χ0) is 20.4. The van der Waals surface area contributed by atoms with Gasteiger partial charge >= 0.3 is 0 Å². The Morgan fingerprint density at radius 1 is 1.14 bits per heavy atom. The van der Waals surface area contributed by atoms with E-state index in [1.165, 1.54) is 22.5 Å². The Labute approximate surface area is 179 Å². The second-order valence-corrected chi connectivity index (χ2v) is 10.8. The molecule has 0 saturated heterocycles. The predicted molar refractivity (Wildman–Crippen MR) is 117 cm³/mol. The number of hydrogen-bond donors (Lipinski definition) is 2. The van der Waals surface area contributed by atoms with Crippen LogP contribution >= 0.6 is 22.9 Å². The highest BCUT2D eigenvalue weighted by molar-refractivity contribution is 7.89. The molecule has 6 nitrogen and oxygen atoms in total. The number of halogens is 1. The number of aryl methyl sites for hydroxylation is 1. The van der Waals surface area contributed by atoms with Gasteiger partial charge in [0.15, 0.2) is 0 Å². The van der Waals surface area contributed by atoms with E-state index in [-0.39, 0.29) is 17.4 Å². The zero-order valence-corrected chi connectivity index (χ0v) is 18.2. The van der Waals surface area contributed by atoms with Gasteiger partial charge in [-0.05, 0) is 73.8 Å². The number of hydrogen-bond acceptors (Lipinski definition) is 5. The molecule has 0 saturated carbocycles. The van der Waals surface area contributed by atoms with Gasteiger partial charge in [-0.2, -0.15) is 0 Å². The van der Waals surface area contributed by atoms with Crippen LogP contribution in [0, 0.1) is 0 Å². The number of carbonyl (C=O) groups excluding carboxylic acids is 1. The van der Waals surface area contributed by atoms with Crippen molar-refractivity contribution in [3.05, 3.63) is 62.4 Å². The smallest absolute Gasteiger partial charge is 0.275 e. The van der Waals surface area contributed by atoms with Crippen LogP contribution < -0.4 is 14.9 Å². The molecule has 2 aromatic rings. The van der Waals surface area contributed by atoms with Crippen LogP contribution in [0.5, 0.6) is 0 Å². The van der Waals surface area contributed by atoms with E-state index >= 15 is 0 Å². The molecule has 0 aliphatic carbocycles. The highest BCUT2D eigenvalue weighted by Crippen LogP contribution is 2.26. The van der Waals surface area contributed by atoms with Gasteiger partial charge in [0.25, 0.3) is 5.91 Å². The summed E-state index contributed by atoms with van der Waals surface area (Å²) < 4.78 is 27.9. The van der Waals surface area contributed by atoms with Crippen molar-refractivity contribution in [2.45, 2.75) is 19.3 Å². The topological polar surface area (TPSA) is 78.5 Å². The fourth-order valence-electron chi connectivity index (χ4n) is 3.57. The summed E-state index contributed by atoms with van der Waals surface area (Å²) in [6.45, 7) is 2.23. The van der Waals surface area contributed by atoms with Crippen molar-refractivity contribution in [1.82, 2.24) is 10.0 Å². The largest absolute Gasteiger partial charge is 0.316 e. The first kappa shape index (κ1) is 20.4. The van der Waals surface area contributed by atoms with Crippen LogP contribution in [0.2, 0.25) is 4.34 Å². The molecule has 154 valence electrons. The number of amides is 1. The summed E-state index contributed by atoms with van der Waals surface area (Å²) in [5.41, 5.74) is 3.46. The Kier molecular flexibility index (Phi) is 5.96. The fraction of sp³-hybridized carbons (Fsp3) is 0.350. The number of fused-ring (bicyclic) bond motifs is 1. The maximum Gasteiger partial charge on any atom is 0.275 e. The van der Waals surface area contributed by atoms with Crippen LogP contribution in [0.25, 0.3) is 0 Å². The molecule has 0 bridgehead atoms. The first-order chi connectivity index (χ1) is 13.9. The summed E-state index contributed by atoms with van der Waals surface area (Å²) in [5, 5.41) is 3.38. The lowest BCUT2D eigenvalue weighted by atomic mass is 10.0.